The number of hydrogen-bond acceptors (Lipinski definition) is 8. The molecule has 6 N–H and O–H groups in total. The molecule has 0 bridgehead atoms. The number of anilines is 1. The summed E-state index contributed by atoms with van der Waals surface area (Å²) in [6, 6.07) is 15.2. The molecule has 2 aromatic carbocycles. The fourth-order valence-electron chi connectivity index (χ4n) is 14.8. The first kappa shape index (κ1) is 38.8. The SMILES string of the molecule is C[C@H](C[C@@H](O)[C@@H]1O[C@]1(C)[C@@H]1CCC[C@H]1c1cccc(N)c1)C1=C2CC[C@H]3[C@@]4(C)C[C@H](c5cccc(O)c5)C(=O)C(C)(C)[C@@H]4[C@@H](O)C[C@]3(CCO)[C@@]2(C)CC1=O. The molecule has 4 saturated carbocycles. The highest BCUT2D eigenvalue weighted by Gasteiger charge is 2.72. The molecule has 0 unspecified atom stereocenters. The zero-order chi connectivity index (χ0) is 39.5. The lowest BCUT2D eigenvalue weighted by atomic mass is 9.34. The summed E-state index contributed by atoms with van der Waals surface area (Å²) in [6.45, 7) is 12.6. The molecule has 0 radical (unpaired) electrons. The van der Waals surface area contributed by atoms with Gasteiger partial charge in [0.05, 0.1) is 17.8 Å². The Hall–Kier alpha value is -3.04. The molecule has 1 heterocycles. The largest absolute Gasteiger partial charge is 0.508 e. The number of aromatic hydroxyl groups is 1. The molecule has 8 nitrogen and oxygen atoms in total. The van der Waals surface area contributed by atoms with Crippen molar-refractivity contribution < 1.29 is 34.8 Å². The van der Waals surface area contributed by atoms with Gasteiger partial charge in [0.25, 0.3) is 0 Å². The number of phenols is 1. The first-order valence-electron chi connectivity index (χ1n) is 21.0. The lowest BCUT2D eigenvalue weighted by Gasteiger charge is -2.70. The van der Waals surface area contributed by atoms with E-state index in [9.17, 15) is 30.0 Å². The van der Waals surface area contributed by atoms with Gasteiger partial charge in [-0.05, 0) is 134 Å². The molecule has 1 saturated heterocycles. The van der Waals surface area contributed by atoms with E-state index in [0.717, 1.165) is 54.5 Å². The van der Waals surface area contributed by atoms with Crippen molar-refractivity contribution >= 4 is 17.3 Å². The van der Waals surface area contributed by atoms with Gasteiger partial charge in [0, 0.05) is 41.4 Å². The van der Waals surface area contributed by atoms with Gasteiger partial charge in [-0.1, -0.05) is 70.9 Å². The number of Topliss-reactive ketones (excluding diaryl/α,β-unsaturated/α-hetero) is 2. The number of carbonyl (C=O) groups excluding carboxylic acids is 2. The molecule has 55 heavy (non-hydrogen) atoms. The van der Waals surface area contributed by atoms with Crippen molar-refractivity contribution in [2.75, 3.05) is 12.3 Å². The lowest BCUT2D eigenvalue weighted by Crippen LogP contribution is -2.68. The fourth-order valence-corrected chi connectivity index (χ4v) is 14.8. The Bertz CT molecular complexity index is 1900. The lowest BCUT2D eigenvalue weighted by molar-refractivity contribution is -0.228. The Morgan fingerprint density at radius 3 is 2.40 bits per heavy atom. The van der Waals surface area contributed by atoms with Crippen molar-refractivity contribution in [3.63, 3.8) is 0 Å². The molecular weight excluding hydrogens is 691 g/mol. The highest BCUT2D eigenvalue weighted by Crippen LogP contribution is 2.76. The first-order valence-corrected chi connectivity index (χ1v) is 21.0. The summed E-state index contributed by atoms with van der Waals surface area (Å²) in [5.41, 5.74) is 8.06. The maximum absolute atomic E-state index is 14.4. The van der Waals surface area contributed by atoms with Crippen molar-refractivity contribution in [2.45, 2.75) is 141 Å². The number of allylic oxidation sites excluding steroid dienone is 2. The summed E-state index contributed by atoms with van der Waals surface area (Å²) in [4.78, 5) is 28.7. The van der Waals surface area contributed by atoms with Gasteiger partial charge in [0.15, 0.2) is 5.78 Å². The van der Waals surface area contributed by atoms with E-state index in [1.54, 1.807) is 18.2 Å². The highest BCUT2D eigenvalue weighted by molar-refractivity contribution is 6.00. The van der Waals surface area contributed by atoms with Gasteiger partial charge in [0.2, 0.25) is 0 Å². The molecule has 298 valence electrons. The quantitative estimate of drug-likeness (QED) is 0.130. The molecule has 8 rings (SSSR count). The third kappa shape index (κ3) is 5.66. The van der Waals surface area contributed by atoms with Crippen LogP contribution in [0, 0.1) is 45.3 Å². The monoisotopic (exact) mass is 753 g/mol. The van der Waals surface area contributed by atoms with E-state index in [4.69, 9.17) is 10.5 Å². The van der Waals surface area contributed by atoms with Gasteiger partial charge in [0.1, 0.15) is 17.6 Å². The van der Waals surface area contributed by atoms with Crippen LogP contribution >= 0.6 is 0 Å². The molecule has 8 heteroatoms. The zero-order valence-corrected chi connectivity index (χ0v) is 33.7. The predicted octanol–water partition coefficient (Wildman–Crippen LogP) is 7.63. The summed E-state index contributed by atoms with van der Waals surface area (Å²) in [5.74, 6) is 0.0965. The number of aliphatic hydroxyl groups is 3. The number of fused-ring (bicyclic) bond motifs is 5. The van der Waals surface area contributed by atoms with Gasteiger partial charge in [-0.25, -0.2) is 0 Å². The van der Waals surface area contributed by atoms with Crippen LogP contribution in [0.2, 0.25) is 0 Å². The fraction of sp³-hybridized carbons (Fsp3) is 0.660. The van der Waals surface area contributed by atoms with Crippen LogP contribution in [-0.2, 0) is 14.3 Å². The summed E-state index contributed by atoms with van der Waals surface area (Å²) >= 11 is 0. The number of ether oxygens (including phenoxy) is 1. The van der Waals surface area contributed by atoms with Crippen LogP contribution in [0.4, 0.5) is 5.69 Å². The average molecular weight is 754 g/mol. The van der Waals surface area contributed by atoms with Crippen LogP contribution in [0.3, 0.4) is 0 Å². The van der Waals surface area contributed by atoms with E-state index in [-0.39, 0.29) is 53.7 Å². The topological polar surface area (TPSA) is 154 Å². The number of benzene rings is 2. The van der Waals surface area contributed by atoms with E-state index in [1.165, 1.54) is 5.56 Å². The second-order valence-corrected chi connectivity index (χ2v) is 20.0. The van der Waals surface area contributed by atoms with E-state index >= 15 is 0 Å². The second-order valence-electron chi connectivity index (χ2n) is 20.0. The molecule has 13 atom stereocenters. The average Bonchev–Trinajstić information content (AvgIpc) is 3.42. The number of hydrogen-bond donors (Lipinski definition) is 5. The Kier molecular flexibility index (Phi) is 9.35. The van der Waals surface area contributed by atoms with Gasteiger partial charge < -0.3 is 30.9 Å². The second kappa shape index (κ2) is 13.3. The Balaban J connectivity index is 1.08. The predicted molar refractivity (Wildman–Crippen MR) is 212 cm³/mol. The highest BCUT2D eigenvalue weighted by atomic mass is 16.6. The van der Waals surface area contributed by atoms with Crippen LogP contribution < -0.4 is 5.73 Å². The summed E-state index contributed by atoms with van der Waals surface area (Å²) in [7, 11) is 0. The first-order chi connectivity index (χ1) is 25.9. The van der Waals surface area contributed by atoms with Gasteiger partial charge in [-0.15, -0.1) is 0 Å². The van der Waals surface area contributed by atoms with Crippen LogP contribution in [-0.4, -0.2) is 62.5 Å². The molecule has 6 aliphatic rings. The maximum atomic E-state index is 14.4. The minimum Gasteiger partial charge on any atom is -0.508 e. The van der Waals surface area contributed by atoms with Crippen LogP contribution in [0.5, 0.6) is 5.75 Å². The number of carbonyl (C=O) groups is 2. The number of phenolic OH excluding ortho intramolecular Hbond substituents is 1. The molecule has 1 aliphatic heterocycles. The number of aliphatic hydroxyl groups excluding tert-OH is 3. The smallest absolute Gasteiger partial charge is 0.159 e. The van der Waals surface area contributed by atoms with Crippen molar-refractivity contribution in [2.24, 2.45) is 45.3 Å². The Labute approximate surface area is 326 Å². The number of rotatable bonds is 9. The molecule has 0 aromatic heterocycles. The Morgan fingerprint density at radius 2 is 1.69 bits per heavy atom. The van der Waals surface area contributed by atoms with Gasteiger partial charge in [-0.2, -0.15) is 0 Å². The zero-order valence-electron chi connectivity index (χ0n) is 33.7. The van der Waals surface area contributed by atoms with E-state index in [1.807, 2.05) is 32.0 Å². The normalized spacial score (nSPS) is 41.7. The van der Waals surface area contributed by atoms with E-state index < -0.39 is 45.4 Å². The van der Waals surface area contributed by atoms with Crippen molar-refractivity contribution in [3.05, 3.63) is 70.8 Å². The summed E-state index contributed by atoms with van der Waals surface area (Å²) in [6.07, 6.45) is 5.13. The third-order valence-corrected chi connectivity index (χ3v) is 16.8. The minimum atomic E-state index is -0.821. The number of nitrogen functional groups attached to an aromatic ring is 1. The molecule has 5 fully saturated rings. The van der Waals surface area contributed by atoms with Crippen LogP contribution in [0.25, 0.3) is 0 Å². The number of ketones is 2. The van der Waals surface area contributed by atoms with Gasteiger partial charge >= 0.3 is 0 Å². The maximum Gasteiger partial charge on any atom is 0.159 e. The number of epoxide rings is 1. The molecule has 2 aromatic rings. The minimum absolute atomic E-state index is 0.0504. The van der Waals surface area contributed by atoms with Crippen LogP contribution in [0.15, 0.2) is 59.7 Å². The summed E-state index contributed by atoms with van der Waals surface area (Å²) < 4.78 is 6.44. The molecule has 0 spiro atoms. The summed E-state index contributed by atoms with van der Waals surface area (Å²) in [5, 5.41) is 45.4. The molecular formula is C47H63NO7. The Morgan fingerprint density at radius 1 is 0.964 bits per heavy atom. The molecule has 0 amide bonds. The van der Waals surface area contributed by atoms with Crippen LogP contribution in [0.1, 0.15) is 129 Å². The van der Waals surface area contributed by atoms with Crippen molar-refractivity contribution in [3.8, 4) is 5.75 Å². The third-order valence-electron chi connectivity index (χ3n) is 16.8. The molecule has 5 aliphatic carbocycles. The van der Waals surface area contributed by atoms with Crippen molar-refractivity contribution in [1.29, 1.82) is 0 Å². The standard InChI is InChI=1S/C47H63NO7/c1-26(20-35(51)42-46(6,55-42)33-15-9-14-31(33)27-10-7-12-29(48)21-27)39-34-16-17-38-44(4)23-32(28-11-8-13-30(50)22-28)41(54)43(2,3)40(44)37(53)25-47(38,18-19-49)45(34,5)24-36(39)52/h7-8,10-13,21-22,26,31-33,35,37-38,40,42,49-51,53H,9,14-20,23-25,48H2,1-6H3/t26-,31+,32-,33-,35-,37+,38+,40+,42+,44-,45+,46-,47+/m1/s1. The van der Waals surface area contributed by atoms with E-state index in [2.05, 4.69) is 39.8 Å². The number of nitrogens with two attached hydrogens (primary N) is 1. The van der Waals surface area contributed by atoms with Crippen molar-refractivity contribution in [1.82, 2.24) is 0 Å². The van der Waals surface area contributed by atoms with Gasteiger partial charge in [-0.3, -0.25) is 9.59 Å². The van der Waals surface area contributed by atoms with E-state index in [0.29, 0.717) is 38.0 Å².